The van der Waals surface area contributed by atoms with Crippen molar-refractivity contribution in [3.8, 4) is 0 Å². The molecule has 0 fully saturated rings. The molecule has 7 aromatic rings. The molecule has 0 unspecified atom stereocenters. The second kappa shape index (κ2) is 26.6. The molecule has 0 saturated heterocycles. The molecule has 0 bridgehead atoms. The summed E-state index contributed by atoms with van der Waals surface area (Å²) in [5.41, 5.74) is -21.4. The summed E-state index contributed by atoms with van der Waals surface area (Å²) in [5.74, 6) is 0. The number of para-hydroxylation sites is 2. The number of nitrogens with zero attached hydrogens (tertiary/aromatic N) is 2. The van der Waals surface area contributed by atoms with Gasteiger partial charge >= 0.3 is 68.9 Å². The molecule has 0 atom stereocenters. The molecule has 0 aliphatic rings. The zero-order chi connectivity index (χ0) is 65.1. The van der Waals surface area contributed by atoms with E-state index in [4.69, 9.17) is 10.3 Å². The minimum Gasteiger partial charge on any atom is -0.661 e. The number of rotatable bonds is 8. The van der Waals surface area contributed by atoms with Crippen LogP contribution in [0.15, 0.2) is 162 Å². The Morgan fingerprint density at radius 2 is 0.540 bits per heavy atom. The fraction of sp³-hybridized carbons (Fsp3) is 0.237. The molecule has 0 N–H and O–H groups in total. The van der Waals surface area contributed by atoms with E-state index in [1.165, 1.54) is 22.3 Å². The fourth-order valence-corrected chi connectivity index (χ4v) is 9.14. The molecule has 0 heterocycles. The van der Waals surface area contributed by atoms with Gasteiger partial charge in [0.2, 0.25) is 0 Å². The van der Waals surface area contributed by atoms with Crippen molar-refractivity contribution in [2.24, 2.45) is 4.99 Å². The van der Waals surface area contributed by atoms with Crippen molar-refractivity contribution in [1.82, 2.24) is 0 Å². The quantitative estimate of drug-likeness (QED) is 0.0824. The second-order valence-corrected chi connectivity index (χ2v) is 19.5. The van der Waals surface area contributed by atoms with E-state index in [2.05, 4.69) is 64.1 Å². The van der Waals surface area contributed by atoms with Gasteiger partial charge in [0.1, 0.15) is 6.15 Å². The minimum absolute atomic E-state index is 0. The van der Waals surface area contributed by atoms with E-state index >= 15 is 0 Å². The first-order chi connectivity index (χ1) is 39.1. The van der Waals surface area contributed by atoms with Crippen molar-refractivity contribution >= 4 is 45.1 Å². The van der Waals surface area contributed by atoms with Gasteiger partial charge in [-0.3, -0.25) is 4.99 Å². The number of halogens is 24. The molecule has 0 radical (unpaired) electrons. The topological polar surface area (TPSA) is 26.5 Å². The van der Waals surface area contributed by atoms with E-state index in [-0.39, 0.29) is 19.5 Å². The van der Waals surface area contributed by atoms with Gasteiger partial charge in [-0.15, -0.1) is 5.69 Å². The number of hydrogen-bond donors (Lipinski definition) is 0. The zero-order valence-electron chi connectivity index (χ0n) is 45.3. The molecule has 0 aliphatic heterocycles. The predicted octanol–water partition coefficient (Wildman–Crippen LogP) is 19.5. The number of allylic oxidation sites excluding steroid dienone is 2. The molecule has 7 aromatic carbocycles. The molecule has 468 valence electrons. The average molecular weight is 1350 g/mol. The Balaban J connectivity index is 0.000000441. The van der Waals surface area contributed by atoms with Crippen LogP contribution in [0.4, 0.5) is 117 Å². The van der Waals surface area contributed by atoms with Gasteiger partial charge in [0.05, 0.1) is 50.2 Å². The number of aryl methyl sites for hydroxylation is 4. The van der Waals surface area contributed by atoms with Crippen LogP contribution in [0.3, 0.4) is 0 Å². The van der Waals surface area contributed by atoms with Gasteiger partial charge in [0.25, 0.3) is 0 Å². The number of hydrogen-bond acceptors (Lipinski definition) is 1. The summed E-state index contributed by atoms with van der Waals surface area (Å²) in [5, 5.41) is 4.76. The summed E-state index contributed by atoms with van der Waals surface area (Å²) in [7, 11) is 0. The number of benzene rings is 7. The van der Waals surface area contributed by atoms with Crippen LogP contribution in [0.25, 0.3) is 5.32 Å². The third-order valence-electron chi connectivity index (χ3n) is 13.0. The SMILES string of the molecule is CC(/C=C(/C)[N-]c1c(C)cccc1C)=Nc1c(C)cccc1C.FC(F)(F)c1cc([B-](c2cc(C(F)(F)F)cc(C(F)(F)F)c2)(c2cc(C(F)(F)F)cc(C(F)(F)F)c2)c2cc(C(F)(F)F)cc(C(F)(F)F)c2)cc(C(F)(F)F)c1.[Ru+2].c1ccccc1. The van der Waals surface area contributed by atoms with Gasteiger partial charge < -0.3 is 5.32 Å². The predicted molar refractivity (Wildman–Crippen MR) is 278 cm³/mol. The maximum Gasteiger partial charge on any atom is 2.00 e. The molecule has 0 aromatic heterocycles. The molecule has 2 nitrogen and oxygen atoms in total. The number of aliphatic imine (C=N–C) groups is 1. The van der Waals surface area contributed by atoms with Crippen LogP contribution in [0.5, 0.6) is 0 Å². The maximum absolute atomic E-state index is 14.2. The Labute approximate surface area is 493 Å². The van der Waals surface area contributed by atoms with Crippen LogP contribution in [-0.4, -0.2) is 11.9 Å². The molecule has 0 aliphatic carbocycles. The molecule has 0 spiro atoms. The molecule has 7 rings (SSSR count). The largest absolute Gasteiger partial charge is 2.00 e. The van der Waals surface area contributed by atoms with Crippen LogP contribution >= 0.6 is 0 Å². The van der Waals surface area contributed by atoms with Crippen molar-refractivity contribution < 1.29 is 125 Å². The van der Waals surface area contributed by atoms with Crippen LogP contribution in [0.1, 0.15) is 80.6 Å². The average Bonchev–Trinajstić information content (AvgIpc) is 0.756. The summed E-state index contributed by atoms with van der Waals surface area (Å²) < 4.78 is 341. The Kier molecular flexibility index (Phi) is 22.1. The third-order valence-corrected chi connectivity index (χ3v) is 13.0. The van der Waals surface area contributed by atoms with Crippen LogP contribution < -0.4 is 21.9 Å². The molecule has 28 heteroatoms. The Bertz CT molecular complexity index is 3080. The molecule has 87 heavy (non-hydrogen) atoms. The smallest absolute Gasteiger partial charge is 0.661 e. The Hall–Kier alpha value is -7.24. The third kappa shape index (κ3) is 18.4. The van der Waals surface area contributed by atoms with Gasteiger partial charge in [-0.05, 0) is 70.0 Å². The standard InChI is InChI=1S/C32H12BF24.C21H25N2.C6H6.Ru/c34-25(35,36)13-1-14(26(37,38)39)6-21(5-13)33(22-7-15(27(40,41)42)2-16(8-22)28(43,44)45,23-9-17(29(46,47)48)3-18(10-23)30(49,50)51)24-11-19(31(52,53)54)4-20(12-24)32(55,56)57;1-14-9-7-10-15(2)20(14)22-18(5)13-19(6)23-21-16(3)11-8-12-17(21)4;1-2-4-6-5-3-1;/h1-12H;7-13H,1-6H3;1-6H;/q2*-1;;+2/b;18-13-,23-19?;;. The molecule has 0 amide bonds. The molecular formula is C59H43BF24N2Ru. The van der Waals surface area contributed by atoms with Crippen molar-refractivity contribution in [2.75, 3.05) is 0 Å². The first-order valence-electron chi connectivity index (χ1n) is 24.6. The van der Waals surface area contributed by atoms with Gasteiger partial charge in [0.15, 0.2) is 0 Å². The van der Waals surface area contributed by atoms with Gasteiger partial charge in [-0.25, -0.2) is 0 Å². The first-order valence-corrected chi connectivity index (χ1v) is 24.6. The van der Waals surface area contributed by atoms with Crippen molar-refractivity contribution in [2.45, 2.75) is 91.0 Å². The second-order valence-electron chi connectivity index (χ2n) is 19.5. The van der Waals surface area contributed by atoms with Gasteiger partial charge in [0, 0.05) is 5.71 Å². The monoisotopic (exact) mass is 1350 g/mol. The van der Waals surface area contributed by atoms with E-state index in [1.54, 1.807) is 0 Å². The van der Waals surface area contributed by atoms with E-state index in [0.717, 1.165) is 22.8 Å². The van der Waals surface area contributed by atoms with Crippen molar-refractivity contribution in [3.05, 3.63) is 229 Å². The molecular weight excluding hydrogens is 1300 g/mol. The summed E-state index contributed by atoms with van der Waals surface area (Å²) in [4.78, 5) is 4.76. The van der Waals surface area contributed by atoms with Crippen molar-refractivity contribution in [1.29, 1.82) is 0 Å². The molecule has 0 saturated carbocycles. The number of alkyl halides is 24. The fourth-order valence-electron chi connectivity index (χ4n) is 9.14. The van der Waals surface area contributed by atoms with Crippen LogP contribution in [0, 0.1) is 27.7 Å². The summed E-state index contributed by atoms with van der Waals surface area (Å²) >= 11 is 0. The summed E-state index contributed by atoms with van der Waals surface area (Å²) in [6, 6.07) is 15.7. The Morgan fingerprint density at radius 1 is 0.333 bits per heavy atom. The maximum atomic E-state index is 14.2. The normalized spacial score (nSPS) is 13.2. The van der Waals surface area contributed by atoms with Gasteiger partial charge in [-0.2, -0.15) is 133 Å². The van der Waals surface area contributed by atoms with Gasteiger partial charge in [-0.1, -0.05) is 145 Å². The summed E-state index contributed by atoms with van der Waals surface area (Å²) in [6.45, 7) is 12.4. The van der Waals surface area contributed by atoms with Crippen LogP contribution in [-0.2, 0) is 68.9 Å². The first kappa shape index (κ1) is 72.2. The van der Waals surface area contributed by atoms with Crippen molar-refractivity contribution in [3.63, 3.8) is 0 Å². The van der Waals surface area contributed by atoms with E-state index in [0.29, 0.717) is 0 Å². The minimum atomic E-state index is -6.13. The van der Waals surface area contributed by atoms with E-state index in [1.807, 2.05) is 56.3 Å². The van der Waals surface area contributed by atoms with Crippen LogP contribution in [0.2, 0.25) is 0 Å². The Morgan fingerprint density at radius 3 is 0.747 bits per heavy atom. The van der Waals surface area contributed by atoms with E-state index in [9.17, 15) is 105 Å². The zero-order valence-corrected chi connectivity index (χ0v) is 47.1. The van der Waals surface area contributed by atoms with E-state index < -0.39 is 195 Å². The summed E-state index contributed by atoms with van der Waals surface area (Å²) in [6.07, 6.45) is -52.8.